The van der Waals surface area contributed by atoms with Gasteiger partial charge in [0.25, 0.3) is 5.22 Å². The Morgan fingerprint density at radius 1 is 1.12 bits per heavy atom. The van der Waals surface area contributed by atoms with Gasteiger partial charge in [0.2, 0.25) is 11.8 Å². The van der Waals surface area contributed by atoms with Gasteiger partial charge in [-0.15, -0.1) is 10.2 Å². The van der Waals surface area contributed by atoms with E-state index in [0.29, 0.717) is 17.7 Å². The normalized spacial score (nSPS) is 14.2. The van der Waals surface area contributed by atoms with Crippen LogP contribution < -0.4 is 15.0 Å². The summed E-state index contributed by atoms with van der Waals surface area (Å²) in [6.45, 7) is 7.96. The van der Waals surface area contributed by atoms with Crippen molar-refractivity contribution in [3.8, 4) is 17.2 Å². The van der Waals surface area contributed by atoms with Crippen molar-refractivity contribution in [2.75, 3.05) is 57.0 Å². The van der Waals surface area contributed by atoms with E-state index in [4.69, 9.17) is 9.15 Å². The van der Waals surface area contributed by atoms with Crippen LogP contribution in [0, 0.1) is 6.92 Å². The van der Waals surface area contributed by atoms with Crippen molar-refractivity contribution in [2.45, 2.75) is 18.6 Å². The zero-order chi connectivity index (χ0) is 23.8. The maximum Gasteiger partial charge on any atom is 0.277 e. The number of aryl methyl sites for hydroxylation is 1. The molecule has 1 N–H and O–H groups in total. The zero-order valence-electron chi connectivity index (χ0n) is 19.7. The van der Waals surface area contributed by atoms with Gasteiger partial charge in [0.05, 0.1) is 12.9 Å². The highest BCUT2D eigenvalue weighted by molar-refractivity contribution is 7.99. The van der Waals surface area contributed by atoms with Gasteiger partial charge in [0.1, 0.15) is 5.75 Å². The number of nitrogens with zero attached hydrogens (tertiary/aromatic N) is 4. The van der Waals surface area contributed by atoms with E-state index >= 15 is 0 Å². The fraction of sp³-hybridized carbons (Fsp3) is 0.400. The monoisotopic (exact) mass is 481 g/mol. The number of aromatic nitrogens is 2. The molecule has 0 bridgehead atoms. The lowest BCUT2D eigenvalue weighted by Crippen LogP contribution is -2.47. The summed E-state index contributed by atoms with van der Waals surface area (Å²) in [6, 6.07) is 16.1. The Bertz CT molecular complexity index is 1060. The van der Waals surface area contributed by atoms with Gasteiger partial charge in [-0.25, -0.2) is 0 Å². The first-order chi connectivity index (χ1) is 16.6. The number of nitrogens with one attached hydrogen (secondary N) is 1. The highest BCUT2D eigenvalue weighted by Gasteiger charge is 2.17. The Morgan fingerprint density at radius 3 is 2.65 bits per heavy atom. The quantitative estimate of drug-likeness (QED) is 0.348. The summed E-state index contributed by atoms with van der Waals surface area (Å²) in [6.07, 6.45) is 0.934. The largest absolute Gasteiger partial charge is 0.497 e. The van der Waals surface area contributed by atoms with Crippen LogP contribution in [0.4, 0.5) is 5.69 Å². The maximum absolute atomic E-state index is 12.2. The van der Waals surface area contributed by atoms with E-state index < -0.39 is 0 Å². The third-order valence-electron chi connectivity index (χ3n) is 5.78. The number of hydrogen-bond donors (Lipinski definition) is 1. The van der Waals surface area contributed by atoms with Crippen molar-refractivity contribution in [3.63, 3.8) is 0 Å². The molecule has 1 saturated heterocycles. The van der Waals surface area contributed by atoms with Crippen molar-refractivity contribution < 1.29 is 13.9 Å². The van der Waals surface area contributed by atoms with Gasteiger partial charge in [-0.05, 0) is 61.9 Å². The van der Waals surface area contributed by atoms with Gasteiger partial charge in [-0.2, -0.15) is 0 Å². The van der Waals surface area contributed by atoms with Crippen molar-refractivity contribution >= 4 is 23.4 Å². The zero-order valence-corrected chi connectivity index (χ0v) is 20.5. The molecule has 2 heterocycles. The predicted octanol–water partition coefficient (Wildman–Crippen LogP) is 3.47. The van der Waals surface area contributed by atoms with Gasteiger partial charge in [0.15, 0.2) is 0 Å². The lowest BCUT2D eigenvalue weighted by atomic mass is 10.2. The molecule has 1 aromatic heterocycles. The maximum atomic E-state index is 12.2. The molecule has 0 aliphatic carbocycles. The molecule has 1 fully saturated rings. The summed E-state index contributed by atoms with van der Waals surface area (Å²) >= 11 is 1.24. The molecule has 2 aromatic carbocycles. The molecular formula is C25H31N5O3S. The molecule has 0 radical (unpaired) electrons. The second kappa shape index (κ2) is 11.9. The van der Waals surface area contributed by atoms with E-state index in [1.807, 2.05) is 24.3 Å². The number of carbonyl (C=O) groups excluding carboxylic acids is 1. The Kier molecular flexibility index (Phi) is 8.43. The SMILES string of the molecule is COc1ccc(-c2nnc(SCC(=O)NCCCN3CCN(c4cccc(C)c4)CC3)o2)cc1. The van der Waals surface area contributed by atoms with Gasteiger partial charge in [-0.3, -0.25) is 9.69 Å². The molecular weight excluding hydrogens is 450 g/mol. The minimum Gasteiger partial charge on any atom is -0.497 e. The molecule has 1 aliphatic heterocycles. The fourth-order valence-electron chi connectivity index (χ4n) is 3.88. The second-order valence-corrected chi connectivity index (χ2v) is 9.19. The smallest absolute Gasteiger partial charge is 0.277 e. The fourth-order valence-corrected chi connectivity index (χ4v) is 4.47. The third kappa shape index (κ3) is 6.74. The summed E-state index contributed by atoms with van der Waals surface area (Å²) in [5.41, 5.74) is 3.41. The molecule has 4 rings (SSSR count). The van der Waals surface area contributed by atoms with Crippen LogP contribution in [0.25, 0.3) is 11.5 Å². The summed E-state index contributed by atoms with van der Waals surface area (Å²) in [5, 5.41) is 11.4. The minimum atomic E-state index is -0.0292. The van der Waals surface area contributed by atoms with E-state index in [0.717, 1.165) is 50.5 Å². The van der Waals surface area contributed by atoms with Crippen LogP contribution in [0.3, 0.4) is 0 Å². The van der Waals surface area contributed by atoms with Crippen LogP contribution in [0.15, 0.2) is 58.2 Å². The van der Waals surface area contributed by atoms with E-state index in [1.165, 1.54) is 23.0 Å². The molecule has 34 heavy (non-hydrogen) atoms. The Hall–Kier alpha value is -3.04. The topological polar surface area (TPSA) is 83.7 Å². The number of thioether (sulfide) groups is 1. The molecule has 3 aromatic rings. The summed E-state index contributed by atoms with van der Waals surface area (Å²) in [5.74, 6) is 1.41. The van der Waals surface area contributed by atoms with Crippen molar-refractivity contribution in [1.29, 1.82) is 0 Å². The van der Waals surface area contributed by atoms with Crippen LogP contribution in [-0.2, 0) is 4.79 Å². The molecule has 1 aliphatic rings. The number of anilines is 1. The van der Waals surface area contributed by atoms with Gasteiger partial charge in [0, 0.05) is 44.0 Å². The number of ether oxygens (including phenoxy) is 1. The molecule has 0 atom stereocenters. The number of methoxy groups -OCH3 is 1. The average Bonchev–Trinajstić information content (AvgIpc) is 3.35. The average molecular weight is 482 g/mol. The third-order valence-corrected chi connectivity index (χ3v) is 6.60. The lowest BCUT2D eigenvalue weighted by molar-refractivity contribution is -0.118. The lowest BCUT2D eigenvalue weighted by Gasteiger charge is -2.36. The van der Waals surface area contributed by atoms with Crippen molar-refractivity contribution in [2.24, 2.45) is 0 Å². The van der Waals surface area contributed by atoms with Crippen LogP contribution in [0.2, 0.25) is 0 Å². The molecule has 8 nitrogen and oxygen atoms in total. The number of piperazine rings is 1. The summed E-state index contributed by atoms with van der Waals surface area (Å²) < 4.78 is 10.8. The Labute approximate surface area is 204 Å². The summed E-state index contributed by atoms with van der Waals surface area (Å²) in [7, 11) is 1.62. The van der Waals surface area contributed by atoms with E-state index in [9.17, 15) is 4.79 Å². The number of rotatable bonds is 10. The highest BCUT2D eigenvalue weighted by Crippen LogP contribution is 2.24. The van der Waals surface area contributed by atoms with Crippen LogP contribution in [0.1, 0.15) is 12.0 Å². The first kappa shape index (κ1) is 24.1. The van der Waals surface area contributed by atoms with E-state index in [1.54, 1.807) is 7.11 Å². The number of hydrogen-bond acceptors (Lipinski definition) is 8. The molecule has 0 saturated carbocycles. The molecule has 9 heteroatoms. The van der Waals surface area contributed by atoms with Crippen LogP contribution in [-0.4, -0.2) is 73.1 Å². The molecule has 180 valence electrons. The molecule has 0 spiro atoms. The number of carbonyl (C=O) groups is 1. The second-order valence-electron chi connectivity index (χ2n) is 8.26. The first-order valence-corrected chi connectivity index (χ1v) is 12.5. The first-order valence-electron chi connectivity index (χ1n) is 11.5. The predicted molar refractivity (Wildman–Crippen MR) is 134 cm³/mol. The van der Waals surface area contributed by atoms with Crippen molar-refractivity contribution in [1.82, 2.24) is 20.4 Å². The highest BCUT2D eigenvalue weighted by atomic mass is 32.2. The summed E-state index contributed by atoms with van der Waals surface area (Å²) in [4.78, 5) is 17.1. The van der Waals surface area contributed by atoms with Crippen molar-refractivity contribution in [3.05, 3.63) is 54.1 Å². The standard InChI is InChI=1S/C25H31N5O3S/c1-19-5-3-6-21(17-19)30-15-13-29(14-16-30)12-4-11-26-23(31)18-34-25-28-27-24(33-25)20-7-9-22(32-2)10-8-20/h3,5-10,17H,4,11-16,18H2,1-2H3,(H,26,31). The van der Waals surface area contributed by atoms with Crippen LogP contribution in [0.5, 0.6) is 5.75 Å². The van der Waals surface area contributed by atoms with Gasteiger partial charge >= 0.3 is 0 Å². The molecule has 0 unspecified atom stereocenters. The van der Waals surface area contributed by atoms with Gasteiger partial charge < -0.3 is 19.4 Å². The number of amides is 1. The Balaban J connectivity index is 1.10. The molecule has 1 amide bonds. The Morgan fingerprint density at radius 2 is 1.91 bits per heavy atom. The van der Waals surface area contributed by atoms with Gasteiger partial charge in [-0.1, -0.05) is 23.9 Å². The van der Waals surface area contributed by atoms with E-state index in [2.05, 4.69) is 56.5 Å². The number of benzene rings is 2. The minimum absolute atomic E-state index is 0.0292. The van der Waals surface area contributed by atoms with Crippen LogP contribution >= 0.6 is 11.8 Å². The van der Waals surface area contributed by atoms with E-state index in [-0.39, 0.29) is 11.7 Å².